The summed E-state index contributed by atoms with van der Waals surface area (Å²) in [5.41, 5.74) is 0. The van der Waals surface area contributed by atoms with Gasteiger partial charge in [-0.15, -0.1) is 11.6 Å². The first-order valence-electron chi connectivity index (χ1n) is 4.96. The van der Waals surface area contributed by atoms with E-state index in [-0.39, 0.29) is 0 Å². The molecule has 3 nitrogen and oxygen atoms in total. The molecule has 0 aliphatic heterocycles. The second-order valence-corrected chi connectivity index (χ2v) is 3.95. The van der Waals surface area contributed by atoms with Crippen molar-refractivity contribution in [2.75, 3.05) is 19.5 Å². The van der Waals surface area contributed by atoms with E-state index >= 15 is 0 Å². The Bertz CT molecular complexity index is 236. The summed E-state index contributed by atoms with van der Waals surface area (Å²) in [5.74, 6) is 0.696. The number of nitrogens with zero attached hydrogens (tertiary/aromatic N) is 3. The van der Waals surface area contributed by atoms with Gasteiger partial charge in [-0.1, -0.05) is 0 Å². The molecule has 1 unspecified atom stereocenters. The zero-order valence-corrected chi connectivity index (χ0v) is 9.61. The highest BCUT2D eigenvalue weighted by atomic mass is 35.5. The van der Waals surface area contributed by atoms with Crippen molar-refractivity contribution in [3.63, 3.8) is 0 Å². The minimum Gasteiger partial charge on any atom is -0.337 e. The maximum Gasteiger partial charge on any atom is 0.0945 e. The van der Waals surface area contributed by atoms with Crippen molar-refractivity contribution < 1.29 is 0 Å². The fraction of sp³-hybridized carbons (Fsp3) is 0.700. The molecule has 1 rings (SSSR count). The normalized spacial score (nSPS) is 13.4. The van der Waals surface area contributed by atoms with Crippen molar-refractivity contribution >= 4 is 11.6 Å². The average Bonchev–Trinajstić information content (AvgIpc) is 2.69. The van der Waals surface area contributed by atoms with Crippen LogP contribution in [0.1, 0.15) is 13.3 Å². The van der Waals surface area contributed by atoms with Gasteiger partial charge in [-0.2, -0.15) is 0 Å². The number of aryl methyl sites for hydroxylation is 1. The summed E-state index contributed by atoms with van der Waals surface area (Å²) in [6, 6.07) is 0.458. The predicted molar refractivity (Wildman–Crippen MR) is 59.7 cm³/mol. The summed E-state index contributed by atoms with van der Waals surface area (Å²) in [6.45, 7) is 4.25. The standard InChI is InChI=1S/C10H18ClN3/c1-10(8-11)13(2)5-3-6-14-7-4-12-9-14/h4,7,9-10H,3,5-6,8H2,1-2H3. The van der Waals surface area contributed by atoms with Crippen LogP contribution < -0.4 is 0 Å². The van der Waals surface area contributed by atoms with Gasteiger partial charge in [-0.3, -0.25) is 0 Å². The SMILES string of the molecule is CC(CCl)N(C)CCCn1ccnc1. The van der Waals surface area contributed by atoms with E-state index in [1.165, 1.54) is 0 Å². The van der Waals surface area contributed by atoms with Crippen LogP contribution in [0.2, 0.25) is 0 Å². The largest absolute Gasteiger partial charge is 0.337 e. The molecular weight excluding hydrogens is 198 g/mol. The molecule has 0 N–H and O–H groups in total. The Hall–Kier alpha value is -0.540. The number of aromatic nitrogens is 2. The number of imidazole rings is 1. The molecule has 1 heterocycles. The molecule has 0 bridgehead atoms. The van der Waals surface area contributed by atoms with E-state index in [1.807, 2.05) is 18.7 Å². The van der Waals surface area contributed by atoms with Crippen LogP contribution in [-0.2, 0) is 6.54 Å². The number of hydrogen-bond donors (Lipinski definition) is 0. The van der Waals surface area contributed by atoms with Gasteiger partial charge in [0.1, 0.15) is 0 Å². The lowest BCUT2D eigenvalue weighted by Gasteiger charge is -2.22. The first-order chi connectivity index (χ1) is 6.74. The molecule has 0 saturated heterocycles. The highest BCUT2D eigenvalue weighted by Gasteiger charge is 2.06. The highest BCUT2D eigenvalue weighted by molar-refractivity contribution is 6.18. The summed E-state index contributed by atoms with van der Waals surface area (Å²) in [7, 11) is 2.11. The van der Waals surface area contributed by atoms with Gasteiger partial charge in [0, 0.05) is 30.9 Å². The van der Waals surface area contributed by atoms with Gasteiger partial charge in [0.05, 0.1) is 6.33 Å². The first-order valence-corrected chi connectivity index (χ1v) is 5.49. The third kappa shape index (κ3) is 3.68. The fourth-order valence-corrected chi connectivity index (χ4v) is 1.50. The van der Waals surface area contributed by atoms with Crippen LogP contribution in [0.4, 0.5) is 0 Å². The molecule has 1 aromatic heterocycles. The molecule has 0 radical (unpaired) electrons. The Morgan fingerprint density at radius 3 is 2.93 bits per heavy atom. The van der Waals surface area contributed by atoms with Crippen molar-refractivity contribution in [2.24, 2.45) is 0 Å². The lowest BCUT2D eigenvalue weighted by atomic mass is 10.3. The summed E-state index contributed by atoms with van der Waals surface area (Å²) in [4.78, 5) is 6.28. The van der Waals surface area contributed by atoms with Crippen LogP contribution in [0.3, 0.4) is 0 Å². The number of hydrogen-bond acceptors (Lipinski definition) is 2. The van der Waals surface area contributed by atoms with E-state index in [1.54, 1.807) is 0 Å². The van der Waals surface area contributed by atoms with Gasteiger partial charge in [-0.05, 0) is 26.9 Å². The molecular formula is C10H18ClN3. The molecule has 4 heteroatoms. The lowest BCUT2D eigenvalue weighted by molar-refractivity contribution is 0.268. The Balaban J connectivity index is 2.15. The van der Waals surface area contributed by atoms with Gasteiger partial charge >= 0.3 is 0 Å². The van der Waals surface area contributed by atoms with E-state index in [9.17, 15) is 0 Å². The number of rotatable bonds is 6. The van der Waals surface area contributed by atoms with Crippen molar-refractivity contribution in [2.45, 2.75) is 25.9 Å². The average molecular weight is 216 g/mol. The van der Waals surface area contributed by atoms with Gasteiger partial charge in [0.2, 0.25) is 0 Å². The number of halogens is 1. The molecule has 0 aromatic carbocycles. The van der Waals surface area contributed by atoms with Gasteiger partial charge in [0.15, 0.2) is 0 Å². The fourth-order valence-electron chi connectivity index (χ4n) is 1.26. The van der Waals surface area contributed by atoms with Gasteiger partial charge in [0.25, 0.3) is 0 Å². The molecule has 80 valence electrons. The molecule has 1 atom stereocenters. The summed E-state index contributed by atoms with van der Waals surface area (Å²) in [6.07, 6.45) is 6.79. The predicted octanol–water partition coefficient (Wildman–Crippen LogP) is 1.83. The second-order valence-electron chi connectivity index (χ2n) is 3.64. The van der Waals surface area contributed by atoms with Crippen LogP contribution in [-0.4, -0.2) is 40.0 Å². The van der Waals surface area contributed by atoms with Crippen LogP contribution >= 0.6 is 11.6 Å². The zero-order valence-electron chi connectivity index (χ0n) is 8.86. The molecule has 0 saturated carbocycles. The van der Waals surface area contributed by atoms with Crippen LogP contribution in [0.15, 0.2) is 18.7 Å². The molecule has 0 amide bonds. The quantitative estimate of drug-likeness (QED) is 0.676. The summed E-state index contributed by atoms with van der Waals surface area (Å²) in [5, 5.41) is 0. The van der Waals surface area contributed by atoms with Gasteiger partial charge < -0.3 is 9.47 Å². The third-order valence-corrected chi connectivity index (χ3v) is 2.91. The molecule has 0 aliphatic carbocycles. The second kappa shape index (κ2) is 6.04. The van der Waals surface area contributed by atoms with Crippen LogP contribution in [0.25, 0.3) is 0 Å². The van der Waals surface area contributed by atoms with Crippen LogP contribution in [0.5, 0.6) is 0 Å². The summed E-state index contributed by atoms with van der Waals surface area (Å²) >= 11 is 5.77. The molecule has 1 aromatic rings. The monoisotopic (exact) mass is 215 g/mol. The van der Waals surface area contributed by atoms with Crippen molar-refractivity contribution in [1.29, 1.82) is 0 Å². The Morgan fingerprint density at radius 2 is 2.36 bits per heavy atom. The highest BCUT2D eigenvalue weighted by Crippen LogP contribution is 2.00. The number of alkyl halides is 1. The third-order valence-electron chi connectivity index (χ3n) is 2.46. The topological polar surface area (TPSA) is 21.1 Å². The lowest BCUT2D eigenvalue weighted by Crippen LogP contribution is -2.31. The van der Waals surface area contributed by atoms with E-state index in [4.69, 9.17) is 11.6 Å². The van der Waals surface area contributed by atoms with Gasteiger partial charge in [-0.25, -0.2) is 4.98 Å². The molecule has 14 heavy (non-hydrogen) atoms. The Morgan fingerprint density at radius 1 is 1.57 bits per heavy atom. The zero-order chi connectivity index (χ0) is 10.4. The smallest absolute Gasteiger partial charge is 0.0945 e. The van der Waals surface area contributed by atoms with Crippen molar-refractivity contribution in [3.05, 3.63) is 18.7 Å². The van der Waals surface area contributed by atoms with E-state index in [2.05, 4.69) is 28.4 Å². The minimum absolute atomic E-state index is 0.458. The maximum atomic E-state index is 5.77. The first kappa shape index (κ1) is 11.5. The Labute approximate surface area is 90.7 Å². The van der Waals surface area contributed by atoms with Crippen molar-refractivity contribution in [1.82, 2.24) is 14.5 Å². The van der Waals surface area contributed by atoms with Crippen LogP contribution in [0, 0.1) is 0 Å². The Kier molecular flexibility index (Phi) is 4.98. The maximum absolute atomic E-state index is 5.77. The minimum atomic E-state index is 0.458. The van der Waals surface area contributed by atoms with Crippen molar-refractivity contribution in [3.8, 4) is 0 Å². The van der Waals surface area contributed by atoms with E-state index in [0.29, 0.717) is 11.9 Å². The molecule has 0 fully saturated rings. The summed E-state index contributed by atoms with van der Waals surface area (Å²) < 4.78 is 2.10. The molecule has 0 aliphatic rings. The van der Waals surface area contributed by atoms with E-state index in [0.717, 1.165) is 19.5 Å². The molecule has 0 spiro atoms. The van der Waals surface area contributed by atoms with E-state index < -0.39 is 0 Å².